The van der Waals surface area contributed by atoms with Gasteiger partial charge in [-0.25, -0.2) is 0 Å². The summed E-state index contributed by atoms with van der Waals surface area (Å²) in [5.74, 6) is -0.344. The lowest BCUT2D eigenvalue weighted by molar-refractivity contribution is 0.0844. The van der Waals surface area contributed by atoms with Gasteiger partial charge in [0.25, 0.3) is 5.91 Å². The molecule has 2 heterocycles. The maximum absolute atomic E-state index is 12.3. The second-order valence-electron chi connectivity index (χ2n) is 4.74. The van der Waals surface area contributed by atoms with Crippen molar-refractivity contribution in [2.45, 2.75) is 19.9 Å². The average molecular weight is 310 g/mol. The second kappa shape index (κ2) is 6.33. The number of methoxy groups -OCH3 is 1. The Morgan fingerprint density at radius 2 is 2.19 bits per heavy atom. The number of aliphatic hydroxyl groups excluding tert-OH is 1. The fraction of sp³-hybridized carbons (Fsp3) is 0.462. The van der Waals surface area contributed by atoms with Crippen LogP contribution in [-0.2, 0) is 4.74 Å². The molecule has 114 valence electrons. The summed E-state index contributed by atoms with van der Waals surface area (Å²) in [6.07, 6.45) is 0. The summed E-state index contributed by atoms with van der Waals surface area (Å²) in [6, 6.07) is -0.471. The van der Waals surface area contributed by atoms with Gasteiger partial charge in [0.1, 0.15) is 9.71 Å². The summed E-state index contributed by atoms with van der Waals surface area (Å²) >= 11 is 1.19. The molecule has 1 amide bonds. The number of nitrogens with zero attached hydrogens (tertiary/aromatic N) is 2. The Hall–Kier alpha value is -1.77. The van der Waals surface area contributed by atoms with E-state index in [4.69, 9.17) is 10.5 Å². The van der Waals surface area contributed by atoms with Gasteiger partial charge < -0.3 is 20.9 Å². The van der Waals surface area contributed by atoms with Crippen molar-refractivity contribution < 1.29 is 14.6 Å². The van der Waals surface area contributed by atoms with Crippen molar-refractivity contribution in [1.82, 2.24) is 15.5 Å². The molecule has 2 aromatic rings. The van der Waals surface area contributed by atoms with Crippen molar-refractivity contribution in [3.8, 4) is 0 Å². The van der Waals surface area contributed by atoms with Crippen molar-refractivity contribution in [3.05, 3.63) is 16.1 Å². The van der Waals surface area contributed by atoms with Gasteiger partial charge in [0.15, 0.2) is 0 Å². The lowest BCUT2D eigenvalue weighted by atomic mass is 10.1. The van der Waals surface area contributed by atoms with Gasteiger partial charge in [-0.05, 0) is 19.4 Å². The zero-order valence-corrected chi connectivity index (χ0v) is 13.0. The third-order valence-electron chi connectivity index (χ3n) is 3.26. The molecule has 0 spiro atoms. The van der Waals surface area contributed by atoms with Crippen molar-refractivity contribution in [2.24, 2.45) is 0 Å². The Balaban J connectivity index is 2.36. The van der Waals surface area contributed by atoms with Crippen LogP contribution in [0.25, 0.3) is 10.2 Å². The van der Waals surface area contributed by atoms with E-state index in [1.54, 1.807) is 0 Å². The molecule has 0 aromatic carbocycles. The smallest absolute Gasteiger partial charge is 0.263 e. The molecule has 4 N–H and O–H groups in total. The van der Waals surface area contributed by atoms with Crippen LogP contribution in [0, 0.1) is 13.8 Å². The van der Waals surface area contributed by atoms with E-state index in [9.17, 15) is 9.90 Å². The largest absolute Gasteiger partial charge is 0.397 e. The van der Waals surface area contributed by atoms with Gasteiger partial charge in [0.05, 0.1) is 30.6 Å². The second-order valence-corrected chi connectivity index (χ2v) is 5.74. The Morgan fingerprint density at radius 3 is 2.81 bits per heavy atom. The van der Waals surface area contributed by atoms with Crippen molar-refractivity contribution in [2.75, 3.05) is 26.1 Å². The van der Waals surface area contributed by atoms with Crippen LogP contribution in [0.3, 0.4) is 0 Å². The number of rotatable bonds is 5. The summed E-state index contributed by atoms with van der Waals surface area (Å²) in [6.45, 7) is 3.77. The van der Waals surface area contributed by atoms with Crippen LogP contribution >= 0.6 is 11.3 Å². The van der Waals surface area contributed by atoms with Gasteiger partial charge in [0.2, 0.25) is 0 Å². The van der Waals surface area contributed by atoms with E-state index in [0.717, 1.165) is 16.6 Å². The number of hydrogen-bond donors (Lipinski definition) is 3. The number of aliphatic hydroxyl groups is 1. The van der Waals surface area contributed by atoms with E-state index in [2.05, 4.69) is 15.5 Å². The van der Waals surface area contributed by atoms with Gasteiger partial charge >= 0.3 is 0 Å². The number of anilines is 1. The maximum Gasteiger partial charge on any atom is 0.263 e. The molecule has 0 aliphatic carbocycles. The molecule has 2 rings (SSSR count). The average Bonchev–Trinajstić information content (AvgIpc) is 2.80. The van der Waals surface area contributed by atoms with Gasteiger partial charge in [-0.3, -0.25) is 4.79 Å². The highest BCUT2D eigenvalue weighted by Gasteiger charge is 2.21. The first-order chi connectivity index (χ1) is 9.99. The van der Waals surface area contributed by atoms with E-state index in [0.29, 0.717) is 15.4 Å². The topological polar surface area (TPSA) is 110 Å². The zero-order chi connectivity index (χ0) is 15.6. The molecule has 8 heteroatoms. The summed E-state index contributed by atoms with van der Waals surface area (Å²) < 4.78 is 4.93. The monoisotopic (exact) mass is 310 g/mol. The number of nitrogens with two attached hydrogens (primary N) is 1. The summed E-state index contributed by atoms with van der Waals surface area (Å²) in [4.78, 5) is 13.3. The number of aromatic nitrogens is 2. The van der Waals surface area contributed by atoms with Gasteiger partial charge in [-0.1, -0.05) is 0 Å². The third kappa shape index (κ3) is 2.97. The number of thiophene rings is 1. The zero-order valence-electron chi connectivity index (χ0n) is 12.1. The fourth-order valence-corrected chi connectivity index (χ4v) is 3.01. The minimum absolute atomic E-state index is 0.206. The normalized spacial score (nSPS) is 12.6. The van der Waals surface area contributed by atoms with E-state index in [1.165, 1.54) is 18.4 Å². The molecular formula is C13H18N4O3S. The number of nitrogens with one attached hydrogen (secondary N) is 1. The van der Waals surface area contributed by atoms with Crippen LogP contribution in [-0.4, -0.2) is 47.6 Å². The Kier molecular flexibility index (Phi) is 4.71. The number of hydrogen-bond acceptors (Lipinski definition) is 7. The number of fused-ring (bicyclic) bond motifs is 1. The maximum atomic E-state index is 12.3. The van der Waals surface area contributed by atoms with Crippen molar-refractivity contribution in [3.63, 3.8) is 0 Å². The van der Waals surface area contributed by atoms with Crippen LogP contribution in [0.5, 0.6) is 0 Å². The van der Waals surface area contributed by atoms with E-state index in [1.807, 2.05) is 13.8 Å². The van der Waals surface area contributed by atoms with Crippen LogP contribution in [0.2, 0.25) is 0 Å². The highest BCUT2D eigenvalue weighted by atomic mass is 32.1. The molecule has 0 saturated heterocycles. The van der Waals surface area contributed by atoms with Crippen LogP contribution < -0.4 is 11.1 Å². The van der Waals surface area contributed by atoms with Gasteiger partial charge in [-0.2, -0.15) is 5.10 Å². The number of nitrogen functional groups attached to an aromatic ring is 1. The van der Waals surface area contributed by atoms with Crippen molar-refractivity contribution in [1.29, 1.82) is 0 Å². The number of ether oxygens (including phenoxy) is 1. The van der Waals surface area contributed by atoms with E-state index in [-0.39, 0.29) is 19.1 Å². The lowest BCUT2D eigenvalue weighted by Crippen LogP contribution is -2.40. The fourth-order valence-electron chi connectivity index (χ4n) is 2.00. The number of carbonyl (C=O) groups is 1. The van der Waals surface area contributed by atoms with Crippen LogP contribution in [0.15, 0.2) is 0 Å². The molecule has 7 nitrogen and oxygen atoms in total. The number of amides is 1. The van der Waals surface area contributed by atoms with Crippen LogP contribution in [0.4, 0.5) is 5.69 Å². The Bertz CT molecular complexity index is 671. The Morgan fingerprint density at radius 1 is 1.48 bits per heavy atom. The SMILES string of the molecule is COCC(CO)NC(=O)c1sc2nnc(C)c(C)c2c1N. The minimum atomic E-state index is -0.471. The van der Waals surface area contributed by atoms with Crippen molar-refractivity contribution >= 4 is 33.1 Å². The number of carbonyl (C=O) groups excluding carboxylic acids is 1. The molecule has 0 aliphatic heterocycles. The van der Waals surface area contributed by atoms with E-state index < -0.39 is 6.04 Å². The van der Waals surface area contributed by atoms with E-state index >= 15 is 0 Å². The Labute approximate surface area is 126 Å². The molecule has 0 saturated carbocycles. The molecular weight excluding hydrogens is 292 g/mol. The molecule has 1 unspecified atom stereocenters. The summed E-state index contributed by atoms with van der Waals surface area (Å²) in [5, 5.41) is 20.8. The predicted octanol–water partition coefficient (Wildman–Crippen LogP) is 0.627. The van der Waals surface area contributed by atoms with Gasteiger partial charge in [-0.15, -0.1) is 16.4 Å². The standard InChI is InChI=1S/C13H18N4O3S/c1-6-7(2)16-17-13-9(6)10(14)11(21-13)12(19)15-8(4-18)5-20-3/h8,18H,4-5,14H2,1-3H3,(H,15,19). The molecule has 1 atom stereocenters. The molecule has 0 bridgehead atoms. The number of aryl methyl sites for hydroxylation is 2. The molecule has 0 radical (unpaired) electrons. The predicted molar refractivity (Wildman–Crippen MR) is 81.5 cm³/mol. The molecule has 0 aliphatic rings. The minimum Gasteiger partial charge on any atom is -0.397 e. The highest BCUT2D eigenvalue weighted by Crippen LogP contribution is 2.34. The molecule has 0 fully saturated rings. The summed E-state index contributed by atoms with van der Waals surface area (Å²) in [5.41, 5.74) is 8.19. The molecule has 2 aromatic heterocycles. The first-order valence-electron chi connectivity index (χ1n) is 6.42. The molecule has 21 heavy (non-hydrogen) atoms. The summed E-state index contributed by atoms with van der Waals surface area (Å²) in [7, 11) is 1.50. The quantitative estimate of drug-likeness (QED) is 0.747. The van der Waals surface area contributed by atoms with Crippen LogP contribution in [0.1, 0.15) is 20.9 Å². The first-order valence-corrected chi connectivity index (χ1v) is 7.23. The first kappa shape index (κ1) is 15.6. The highest BCUT2D eigenvalue weighted by molar-refractivity contribution is 7.21. The lowest BCUT2D eigenvalue weighted by Gasteiger charge is -2.14. The third-order valence-corrected chi connectivity index (χ3v) is 4.35. The van der Waals surface area contributed by atoms with Gasteiger partial charge in [0, 0.05) is 12.5 Å².